The fraction of sp³-hybridized carbons (Fsp3) is 0.400. The van der Waals surface area contributed by atoms with Gasteiger partial charge in [-0.15, -0.1) is 0 Å². The molecule has 0 aromatic rings. The minimum atomic E-state index is 1.10. The number of hydrogen-bond donors (Lipinski definition) is 0. The molecule has 0 fully saturated rings. The molecule has 1 aliphatic carbocycles. The van der Waals surface area contributed by atoms with Crippen LogP contribution in [0.4, 0.5) is 0 Å². The molecule has 0 N–H and O–H groups in total. The molecular formula is C10H14. The molecule has 0 aromatic carbocycles. The Hall–Kier alpha value is -0.780. The van der Waals surface area contributed by atoms with Crippen molar-refractivity contribution in [2.24, 2.45) is 0 Å². The second kappa shape index (κ2) is 5.04. The second-order valence-corrected chi connectivity index (χ2v) is 2.46. The van der Waals surface area contributed by atoms with E-state index < -0.39 is 0 Å². The van der Waals surface area contributed by atoms with Crippen molar-refractivity contribution >= 4 is 0 Å². The summed E-state index contributed by atoms with van der Waals surface area (Å²) in [6, 6.07) is 0. The van der Waals surface area contributed by atoms with Gasteiger partial charge in [0.2, 0.25) is 0 Å². The Bertz CT molecular complexity index is 131. The van der Waals surface area contributed by atoms with Crippen molar-refractivity contribution < 1.29 is 0 Å². The van der Waals surface area contributed by atoms with Gasteiger partial charge in [-0.2, -0.15) is 0 Å². The van der Waals surface area contributed by atoms with Gasteiger partial charge in [0.05, 0.1) is 0 Å². The van der Waals surface area contributed by atoms with Gasteiger partial charge in [0.25, 0.3) is 0 Å². The van der Waals surface area contributed by atoms with Crippen LogP contribution in [0.15, 0.2) is 36.5 Å². The zero-order valence-corrected chi connectivity index (χ0v) is 6.29. The van der Waals surface area contributed by atoms with E-state index in [4.69, 9.17) is 0 Å². The molecule has 0 spiro atoms. The minimum absolute atomic E-state index is 1.10. The number of rotatable bonds is 0. The molecular weight excluding hydrogens is 120 g/mol. The summed E-state index contributed by atoms with van der Waals surface area (Å²) in [5, 5.41) is 0. The van der Waals surface area contributed by atoms with Crippen LogP contribution >= 0.6 is 0 Å². The first-order valence-electron chi connectivity index (χ1n) is 3.95. The topological polar surface area (TPSA) is 0 Å². The van der Waals surface area contributed by atoms with Crippen LogP contribution in [0.2, 0.25) is 0 Å². The predicted molar refractivity (Wildman–Crippen MR) is 45.9 cm³/mol. The van der Waals surface area contributed by atoms with Gasteiger partial charge in [0.1, 0.15) is 0 Å². The molecule has 1 rings (SSSR count). The fourth-order valence-electron chi connectivity index (χ4n) is 0.970. The van der Waals surface area contributed by atoms with Crippen LogP contribution in [-0.4, -0.2) is 0 Å². The highest BCUT2D eigenvalue weighted by Gasteiger charge is 1.79. The van der Waals surface area contributed by atoms with Crippen LogP contribution in [0.1, 0.15) is 25.7 Å². The molecule has 0 amide bonds. The van der Waals surface area contributed by atoms with Crippen molar-refractivity contribution in [3.8, 4) is 0 Å². The lowest BCUT2D eigenvalue weighted by atomic mass is 10.2. The summed E-state index contributed by atoms with van der Waals surface area (Å²) >= 11 is 0. The first kappa shape index (κ1) is 7.33. The highest BCUT2D eigenvalue weighted by molar-refractivity contribution is 4.99. The third-order valence-electron chi connectivity index (χ3n) is 1.54. The molecule has 0 unspecified atom stereocenters. The zero-order valence-electron chi connectivity index (χ0n) is 6.29. The van der Waals surface area contributed by atoms with Crippen molar-refractivity contribution in [1.29, 1.82) is 0 Å². The Balaban J connectivity index is 2.38. The van der Waals surface area contributed by atoms with E-state index >= 15 is 0 Å². The summed E-state index contributed by atoms with van der Waals surface area (Å²) in [6.07, 6.45) is 18.0. The summed E-state index contributed by atoms with van der Waals surface area (Å²) in [6.45, 7) is 0. The maximum Gasteiger partial charge on any atom is -0.0169 e. The summed E-state index contributed by atoms with van der Waals surface area (Å²) in [5.74, 6) is 0. The van der Waals surface area contributed by atoms with Gasteiger partial charge in [-0.25, -0.2) is 0 Å². The van der Waals surface area contributed by atoms with E-state index in [0.717, 1.165) is 12.8 Å². The summed E-state index contributed by atoms with van der Waals surface area (Å²) < 4.78 is 0. The number of hydrogen-bond acceptors (Lipinski definition) is 0. The highest BCUT2D eigenvalue weighted by atomic mass is 13.9. The molecule has 0 aromatic heterocycles. The van der Waals surface area contributed by atoms with Crippen molar-refractivity contribution in [2.45, 2.75) is 25.7 Å². The molecule has 1 aliphatic rings. The van der Waals surface area contributed by atoms with Gasteiger partial charge in [0, 0.05) is 0 Å². The van der Waals surface area contributed by atoms with Gasteiger partial charge in [-0.3, -0.25) is 0 Å². The van der Waals surface area contributed by atoms with Crippen LogP contribution in [0.25, 0.3) is 0 Å². The molecule has 10 heavy (non-hydrogen) atoms. The van der Waals surface area contributed by atoms with Crippen molar-refractivity contribution in [1.82, 2.24) is 0 Å². The SMILES string of the molecule is C1=C\C/C=C/CC/C=C/C/1. The van der Waals surface area contributed by atoms with Crippen LogP contribution < -0.4 is 0 Å². The molecule has 0 atom stereocenters. The van der Waals surface area contributed by atoms with Crippen molar-refractivity contribution in [3.63, 3.8) is 0 Å². The van der Waals surface area contributed by atoms with E-state index in [2.05, 4.69) is 36.5 Å². The summed E-state index contributed by atoms with van der Waals surface area (Å²) in [4.78, 5) is 0. The lowest BCUT2D eigenvalue weighted by Crippen LogP contribution is -1.68. The predicted octanol–water partition coefficient (Wildman–Crippen LogP) is 3.23. The average Bonchev–Trinajstić information content (AvgIpc) is 2.01. The monoisotopic (exact) mass is 134 g/mol. The molecule has 54 valence electrons. The zero-order chi connectivity index (χ0) is 7.07. The molecule has 0 saturated heterocycles. The van der Waals surface area contributed by atoms with E-state index in [0.29, 0.717) is 0 Å². The molecule has 0 heteroatoms. The molecule has 0 saturated carbocycles. The Morgan fingerprint density at radius 1 is 0.500 bits per heavy atom. The second-order valence-electron chi connectivity index (χ2n) is 2.46. The van der Waals surface area contributed by atoms with Gasteiger partial charge in [-0.05, 0) is 25.7 Å². The van der Waals surface area contributed by atoms with Gasteiger partial charge in [0.15, 0.2) is 0 Å². The fourth-order valence-corrected chi connectivity index (χ4v) is 0.970. The minimum Gasteiger partial charge on any atom is -0.0879 e. The Kier molecular flexibility index (Phi) is 3.69. The van der Waals surface area contributed by atoms with Gasteiger partial charge in [-0.1, -0.05) is 36.5 Å². The Morgan fingerprint density at radius 3 is 1.40 bits per heavy atom. The number of allylic oxidation sites excluding steroid dienone is 6. The molecule has 0 bridgehead atoms. The normalized spacial score (nSPS) is 28.8. The van der Waals surface area contributed by atoms with E-state index in [1.165, 1.54) is 12.8 Å². The van der Waals surface area contributed by atoms with Gasteiger partial charge >= 0.3 is 0 Å². The van der Waals surface area contributed by atoms with E-state index in [-0.39, 0.29) is 0 Å². The maximum absolute atomic E-state index is 2.25. The van der Waals surface area contributed by atoms with Crippen LogP contribution in [0.3, 0.4) is 0 Å². The molecule has 0 aliphatic heterocycles. The smallest absolute Gasteiger partial charge is 0.0169 e. The summed E-state index contributed by atoms with van der Waals surface area (Å²) in [7, 11) is 0. The Labute approximate surface area is 62.9 Å². The first-order valence-corrected chi connectivity index (χ1v) is 3.95. The van der Waals surface area contributed by atoms with Crippen molar-refractivity contribution in [3.05, 3.63) is 36.5 Å². The average molecular weight is 134 g/mol. The molecule has 0 nitrogen and oxygen atoms in total. The quantitative estimate of drug-likeness (QED) is 0.446. The molecule has 0 heterocycles. The lowest BCUT2D eigenvalue weighted by molar-refractivity contribution is 1.03. The van der Waals surface area contributed by atoms with Crippen LogP contribution in [-0.2, 0) is 0 Å². The lowest BCUT2D eigenvalue weighted by Gasteiger charge is -1.89. The van der Waals surface area contributed by atoms with Crippen molar-refractivity contribution in [2.75, 3.05) is 0 Å². The standard InChI is InChI=1S/C10H14/c1-2-4-6-8-10-9-7-5-3-1/h1-2,5-8H,3-4,9-10H2/b2-1-,7-5+,8-6+. The van der Waals surface area contributed by atoms with Gasteiger partial charge < -0.3 is 0 Å². The van der Waals surface area contributed by atoms with Crippen LogP contribution in [0.5, 0.6) is 0 Å². The van der Waals surface area contributed by atoms with Crippen LogP contribution in [0, 0.1) is 0 Å². The molecule has 0 radical (unpaired) electrons. The third-order valence-corrected chi connectivity index (χ3v) is 1.54. The highest BCUT2D eigenvalue weighted by Crippen LogP contribution is 1.99. The Morgan fingerprint density at radius 2 is 0.900 bits per heavy atom. The van der Waals surface area contributed by atoms with E-state index in [1.807, 2.05) is 0 Å². The largest absolute Gasteiger partial charge is 0.0879 e. The maximum atomic E-state index is 2.25. The van der Waals surface area contributed by atoms with E-state index in [1.54, 1.807) is 0 Å². The first-order chi connectivity index (χ1) is 5.00. The third kappa shape index (κ3) is 3.29. The van der Waals surface area contributed by atoms with E-state index in [9.17, 15) is 0 Å². The summed E-state index contributed by atoms with van der Waals surface area (Å²) in [5.41, 5.74) is 0.